The Morgan fingerprint density at radius 2 is 1.76 bits per heavy atom. The first-order valence-corrected chi connectivity index (χ1v) is 5.79. The monoisotopic (exact) mass is 279 g/mol. The van der Waals surface area contributed by atoms with E-state index in [1.54, 1.807) is 6.07 Å². The molecule has 0 radical (unpaired) electrons. The van der Waals surface area contributed by atoms with E-state index in [0.717, 1.165) is 0 Å². The maximum absolute atomic E-state index is 10.8. The highest BCUT2D eigenvalue weighted by atomic mass is 16.6. The molecule has 0 spiro atoms. The van der Waals surface area contributed by atoms with E-state index >= 15 is 0 Å². The number of anilines is 3. The molecule has 0 unspecified atom stereocenters. The summed E-state index contributed by atoms with van der Waals surface area (Å²) < 4.78 is 0. The molecule has 2 rings (SSSR count). The van der Waals surface area contributed by atoms with Crippen molar-refractivity contribution in [3.05, 3.63) is 57.6 Å². The first kappa shape index (κ1) is 13.8. The second-order valence-corrected chi connectivity index (χ2v) is 4.18. The summed E-state index contributed by atoms with van der Waals surface area (Å²) in [5, 5.41) is 31.5. The number of nitrogens with one attached hydrogen (secondary N) is 1. The summed E-state index contributed by atoms with van der Waals surface area (Å²) in [5.74, 6) is 0. The normalized spacial score (nSPS) is 9.43. The lowest BCUT2D eigenvalue weighted by molar-refractivity contribution is -0.384. The topological polar surface area (TPSA) is 129 Å². The van der Waals surface area contributed by atoms with Gasteiger partial charge in [0.2, 0.25) is 0 Å². The molecule has 0 saturated heterocycles. The summed E-state index contributed by atoms with van der Waals surface area (Å²) in [5.41, 5.74) is 7.18. The Morgan fingerprint density at radius 1 is 1.05 bits per heavy atom. The van der Waals surface area contributed by atoms with Gasteiger partial charge < -0.3 is 11.1 Å². The van der Waals surface area contributed by atoms with Crippen LogP contribution in [-0.4, -0.2) is 4.92 Å². The van der Waals surface area contributed by atoms with Crippen molar-refractivity contribution in [3.8, 4) is 12.1 Å². The van der Waals surface area contributed by atoms with Crippen LogP contribution in [0.4, 0.5) is 22.7 Å². The predicted octanol–water partition coefficient (Wildman–Crippen LogP) is 2.66. The third-order valence-corrected chi connectivity index (χ3v) is 2.70. The van der Waals surface area contributed by atoms with Gasteiger partial charge in [-0.15, -0.1) is 0 Å². The van der Waals surface area contributed by atoms with Crippen molar-refractivity contribution in [1.82, 2.24) is 0 Å². The Morgan fingerprint density at radius 3 is 2.38 bits per heavy atom. The molecule has 0 heterocycles. The summed E-state index contributed by atoms with van der Waals surface area (Å²) in [4.78, 5) is 10.2. The van der Waals surface area contributed by atoms with E-state index in [9.17, 15) is 10.1 Å². The molecule has 0 aliphatic carbocycles. The zero-order chi connectivity index (χ0) is 15.4. The van der Waals surface area contributed by atoms with Crippen molar-refractivity contribution < 1.29 is 4.92 Å². The van der Waals surface area contributed by atoms with Crippen LogP contribution in [-0.2, 0) is 0 Å². The maximum atomic E-state index is 10.8. The van der Waals surface area contributed by atoms with E-state index in [4.69, 9.17) is 16.3 Å². The molecule has 0 fully saturated rings. The van der Waals surface area contributed by atoms with Gasteiger partial charge in [0.15, 0.2) is 0 Å². The molecule has 2 aromatic carbocycles. The number of nitriles is 2. The van der Waals surface area contributed by atoms with Crippen LogP contribution in [0.2, 0.25) is 0 Å². The molecule has 7 heteroatoms. The molecule has 102 valence electrons. The number of nitrogens with two attached hydrogens (primary N) is 1. The zero-order valence-electron chi connectivity index (χ0n) is 10.7. The van der Waals surface area contributed by atoms with Gasteiger partial charge in [-0.1, -0.05) is 0 Å². The van der Waals surface area contributed by atoms with Gasteiger partial charge in [-0.05, 0) is 24.3 Å². The average molecular weight is 279 g/mol. The second-order valence-electron chi connectivity index (χ2n) is 4.18. The summed E-state index contributed by atoms with van der Waals surface area (Å²) >= 11 is 0. The number of hydrogen-bond acceptors (Lipinski definition) is 6. The van der Waals surface area contributed by atoms with E-state index in [1.165, 1.54) is 30.3 Å². The molecule has 0 saturated carbocycles. The Bertz CT molecular complexity index is 802. The SMILES string of the molecule is N#Cc1ccc(Nc2cc(N)cc([N+](=O)[O-])c2)cc1C#N. The minimum atomic E-state index is -0.541. The average Bonchev–Trinajstić information content (AvgIpc) is 2.46. The number of nitrogen functional groups attached to an aromatic ring is 1. The summed E-state index contributed by atoms with van der Waals surface area (Å²) in [7, 11) is 0. The highest BCUT2D eigenvalue weighted by molar-refractivity contribution is 5.69. The molecule has 0 aliphatic heterocycles. The van der Waals surface area contributed by atoms with Crippen molar-refractivity contribution >= 4 is 22.7 Å². The Kier molecular flexibility index (Phi) is 3.69. The second kappa shape index (κ2) is 5.59. The molecule has 0 amide bonds. The van der Waals surface area contributed by atoms with Crippen LogP contribution in [0.3, 0.4) is 0 Å². The molecule has 0 atom stereocenters. The Labute approximate surface area is 120 Å². The van der Waals surface area contributed by atoms with Crippen molar-refractivity contribution in [3.63, 3.8) is 0 Å². The fraction of sp³-hybridized carbons (Fsp3) is 0. The highest BCUT2D eigenvalue weighted by Crippen LogP contribution is 2.26. The molecule has 21 heavy (non-hydrogen) atoms. The number of nitro groups is 1. The number of benzene rings is 2. The Hall–Kier alpha value is -3.58. The fourth-order valence-corrected chi connectivity index (χ4v) is 1.79. The summed E-state index contributed by atoms with van der Waals surface area (Å²) in [6.07, 6.45) is 0. The zero-order valence-corrected chi connectivity index (χ0v) is 10.7. The summed E-state index contributed by atoms with van der Waals surface area (Å²) in [6.45, 7) is 0. The van der Waals surface area contributed by atoms with Gasteiger partial charge in [0.25, 0.3) is 5.69 Å². The lowest BCUT2D eigenvalue weighted by Crippen LogP contribution is -1.97. The van der Waals surface area contributed by atoms with Crippen LogP contribution in [0.15, 0.2) is 36.4 Å². The van der Waals surface area contributed by atoms with Gasteiger partial charge in [0.05, 0.1) is 16.1 Å². The molecule has 3 N–H and O–H groups in total. The quantitative estimate of drug-likeness (QED) is 0.504. The van der Waals surface area contributed by atoms with E-state index in [-0.39, 0.29) is 22.5 Å². The Balaban J connectivity index is 2.37. The first-order chi connectivity index (χ1) is 10.0. The van der Waals surface area contributed by atoms with Gasteiger partial charge in [-0.25, -0.2) is 0 Å². The molecule has 0 aromatic heterocycles. The minimum absolute atomic E-state index is 0.133. The van der Waals surface area contributed by atoms with Gasteiger partial charge in [-0.3, -0.25) is 10.1 Å². The van der Waals surface area contributed by atoms with Crippen molar-refractivity contribution in [2.24, 2.45) is 0 Å². The van der Waals surface area contributed by atoms with Gasteiger partial charge >= 0.3 is 0 Å². The van der Waals surface area contributed by atoms with Crippen LogP contribution < -0.4 is 11.1 Å². The molecular weight excluding hydrogens is 270 g/mol. The van der Waals surface area contributed by atoms with Gasteiger partial charge in [0.1, 0.15) is 12.1 Å². The third kappa shape index (κ3) is 3.06. The van der Waals surface area contributed by atoms with Crippen molar-refractivity contribution in [1.29, 1.82) is 10.5 Å². The first-order valence-electron chi connectivity index (χ1n) is 5.79. The standard InChI is InChI=1S/C14H9N5O2/c15-7-9-1-2-12(3-10(9)8-16)18-13-4-11(17)5-14(6-13)19(20)21/h1-6,18H,17H2. The number of hydrogen-bond donors (Lipinski definition) is 2. The van der Waals surface area contributed by atoms with Crippen LogP contribution >= 0.6 is 0 Å². The third-order valence-electron chi connectivity index (χ3n) is 2.70. The number of nitro benzene ring substituents is 1. The van der Waals surface area contributed by atoms with Crippen LogP contribution in [0, 0.1) is 32.8 Å². The van der Waals surface area contributed by atoms with Crippen LogP contribution in [0.1, 0.15) is 11.1 Å². The molecule has 7 nitrogen and oxygen atoms in total. The van der Waals surface area contributed by atoms with Gasteiger partial charge in [0, 0.05) is 29.2 Å². The van der Waals surface area contributed by atoms with Crippen molar-refractivity contribution in [2.45, 2.75) is 0 Å². The number of rotatable bonds is 3. The largest absolute Gasteiger partial charge is 0.398 e. The smallest absolute Gasteiger partial charge is 0.273 e. The lowest BCUT2D eigenvalue weighted by atomic mass is 10.1. The molecule has 0 aliphatic rings. The molecular formula is C14H9N5O2. The van der Waals surface area contributed by atoms with Crippen molar-refractivity contribution in [2.75, 3.05) is 11.1 Å². The molecule has 0 bridgehead atoms. The van der Waals surface area contributed by atoms with E-state index in [2.05, 4.69) is 5.32 Å². The lowest BCUT2D eigenvalue weighted by Gasteiger charge is -2.08. The number of non-ortho nitro benzene ring substituents is 1. The fourth-order valence-electron chi connectivity index (χ4n) is 1.79. The number of nitrogens with zero attached hydrogens (tertiary/aromatic N) is 3. The van der Waals surface area contributed by atoms with E-state index in [0.29, 0.717) is 11.4 Å². The van der Waals surface area contributed by atoms with E-state index < -0.39 is 4.92 Å². The van der Waals surface area contributed by atoms with Gasteiger partial charge in [-0.2, -0.15) is 10.5 Å². The van der Waals surface area contributed by atoms with E-state index in [1.807, 2.05) is 12.1 Å². The predicted molar refractivity (Wildman–Crippen MR) is 76.7 cm³/mol. The van der Waals surface area contributed by atoms with Crippen LogP contribution in [0.5, 0.6) is 0 Å². The molecule has 2 aromatic rings. The maximum Gasteiger partial charge on any atom is 0.273 e. The van der Waals surface area contributed by atoms with Crippen LogP contribution in [0.25, 0.3) is 0 Å². The minimum Gasteiger partial charge on any atom is -0.398 e. The highest BCUT2D eigenvalue weighted by Gasteiger charge is 2.09. The summed E-state index contributed by atoms with van der Waals surface area (Å²) in [6, 6.07) is 12.6.